The molecule has 0 saturated heterocycles. The van der Waals surface area contributed by atoms with E-state index < -0.39 is 28.0 Å². The quantitative estimate of drug-likeness (QED) is 0.589. The Kier molecular flexibility index (Phi) is 2.34. The van der Waals surface area contributed by atoms with Crippen LogP contribution in [0.15, 0.2) is 18.2 Å². The van der Waals surface area contributed by atoms with E-state index in [-0.39, 0.29) is 12.2 Å². The first-order valence-electron chi connectivity index (χ1n) is 4.88. The number of nitro groups is 1. The molecule has 0 radical (unpaired) electrons. The molecule has 0 N–H and O–H groups in total. The highest BCUT2D eigenvalue weighted by Gasteiger charge is 2.52. The number of amides is 1. The van der Waals surface area contributed by atoms with Crippen molar-refractivity contribution in [2.45, 2.75) is 12.8 Å². The Morgan fingerprint density at radius 3 is 2.65 bits per heavy atom. The van der Waals surface area contributed by atoms with E-state index in [2.05, 4.69) is 0 Å². The van der Waals surface area contributed by atoms with Crippen molar-refractivity contribution < 1.29 is 18.5 Å². The van der Waals surface area contributed by atoms with Crippen LogP contribution in [0.5, 0.6) is 0 Å². The second-order valence-corrected chi connectivity index (χ2v) is 3.58. The number of nitrogens with zero attached hydrogens (tertiary/aromatic N) is 2. The number of hydrogen-bond donors (Lipinski definition) is 0. The molecular formula is C10H8F2N2O3. The molecule has 17 heavy (non-hydrogen) atoms. The van der Waals surface area contributed by atoms with Crippen LogP contribution in [0.2, 0.25) is 0 Å². The van der Waals surface area contributed by atoms with Crippen molar-refractivity contribution in [1.29, 1.82) is 0 Å². The molecule has 5 nitrogen and oxygen atoms in total. The van der Waals surface area contributed by atoms with Crippen molar-refractivity contribution >= 4 is 17.3 Å². The van der Waals surface area contributed by atoms with Crippen LogP contribution in [0.1, 0.15) is 12.5 Å². The minimum Gasteiger partial charge on any atom is -0.307 e. The van der Waals surface area contributed by atoms with Crippen LogP contribution in [0.25, 0.3) is 0 Å². The molecule has 0 saturated carbocycles. The molecule has 1 aliphatic rings. The van der Waals surface area contributed by atoms with E-state index in [0.717, 1.165) is 17.0 Å². The fourth-order valence-corrected chi connectivity index (χ4v) is 1.83. The normalized spacial score (nSPS) is 17.1. The Labute approximate surface area is 94.8 Å². The summed E-state index contributed by atoms with van der Waals surface area (Å²) in [6.45, 7) is 1.66. The molecule has 1 heterocycles. The number of alkyl halides is 2. The number of anilines is 1. The van der Waals surface area contributed by atoms with Crippen LogP contribution in [0.4, 0.5) is 20.2 Å². The number of carbonyl (C=O) groups is 1. The van der Waals surface area contributed by atoms with Crippen molar-refractivity contribution in [1.82, 2.24) is 0 Å². The summed E-state index contributed by atoms with van der Waals surface area (Å²) in [4.78, 5) is 22.1. The third kappa shape index (κ3) is 1.46. The number of halogens is 2. The summed E-state index contributed by atoms with van der Waals surface area (Å²) in [5.74, 6) is -5.02. The number of hydrogen-bond acceptors (Lipinski definition) is 3. The van der Waals surface area contributed by atoms with Gasteiger partial charge in [0.05, 0.1) is 16.2 Å². The number of fused-ring (bicyclic) bond motifs is 1. The fourth-order valence-electron chi connectivity index (χ4n) is 1.83. The molecule has 90 valence electrons. The van der Waals surface area contributed by atoms with Gasteiger partial charge in [0.25, 0.3) is 5.69 Å². The predicted octanol–water partition coefficient (Wildman–Crippen LogP) is 2.05. The van der Waals surface area contributed by atoms with E-state index in [1.165, 1.54) is 6.07 Å². The minimum absolute atomic E-state index is 0.0353. The van der Waals surface area contributed by atoms with E-state index in [1.54, 1.807) is 6.92 Å². The lowest BCUT2D eigenvalue weighted by Gasteiger charge is -2.13. The van der Waals surface area contributed by atoms with Crippen molar-refractivity contribution in [3.05, 3.63) is 33.9 Å². The molecule has 1 aliphatic heterocycles. The summed E-state index contributed by atoms with van der Waals surface area (Å²) in [5.41, 5.74) is -1.01. The summed E-state index contributed by atoms with van der Waals surface area (Å²) >= 11 is 0. The predicted molar refractivity (Wildman–Crippen MR) is 55.0 cm³/mol. The van der Waals surface area contributed by atoms with Crippen LogP contribution < -0.4 is 4.90 Å². The second kappa shape index (κ2) is 3.47. The number of nitro benzene ring substituents is 1. The Morgan fingerprint density at radius 2 is 2.12 bits per heavy atom. The molecule has 0 atom stereocenters. The van der Waals surface area contributed by atoms with Gasteiger partial charge in [0.15, 0.2) is 0 Å². The number of carbonyl (C=O) groups excluding carboxylic acids is 1. The summed E-state index contributed by atoms with van der Waals surface area (Å²) < 4.78 is 27.2. The van der Waals surface area contributed by atoms with Gasteiger partial charge >= 0.3 is 11.8 Å². The maximum absolute atomic E-state index is 13.6. The van der Waals surface area contributed by atoms with Gasteiger partial charge in [-0.05, 0) is 13.0 Å². The summed E-state index contributed by atoms with van der Waals surface area (Å²) in [6.07, 6.45) is 0. The molecule has 0 aliphatic carbocycles. The number of benzene rings is 1. The van der Waals surface area contributed by atoms with Gasteiger partial charge in [0.2, 0.25) is 0 Å². The van der Waals surface area contributed by atoms with Gasteiger partial charge in [-0.3, -0.25) is 14.9 Å². The van der Waals surface area contributed by atoms with Crippen molar-refractivity contribution in [3.8, 4) is 0 Å². The maximum atomic E-state index is 13.6. The third-order valence-corrected chi connectivity index (χ3v) is 2.65. The average molecular weight is 242 g/mol. The smallest absolute Gasteiger partial charge is 0.307 e. The van der Waals surface area contributed by atoms with Gasteiger partial charge in [0.1, 0.15) is 0 Å². The minimum atomic E-state index is -3.68. The summed E-state index contributed by atoms with van der Waals surface area (Å²) in [7, 11) is 0. The zero-order valence-electron chi connectivity index (χ0n) is 8.81. The lowest BCUT2D eigenvalue weighted by molar-refractivity contribution is -0.385. The lowest BCUT2D eigenvalue weighted by atomic mass is 10.1. The first-order chi connectivity index (χ1) is 7.89. The number of likely N-dealkylation sites (N-methyl/N-ethyl adjacent to an activating group) is 1. The molecular weight excluding hydrogens is 234 g/mol. The highest BCUT2D eigenvalue weighted by atomic mass is 19.3. The Morgan fingerprint density at radius 1 is 1.47 bits per heavy atom. The average Bonchev–Trinajstić information content (AvgIpc) is 2.47. The van der Waals surface area contributed by atoms with E-state index in [1.807, 2.05) is 0 Å². The second-order valence-electron chi connectivity index (χ2n) is 3.58. The van der Waals surface area contributed by atoms with E-state index >= 15 is 0 Å². The highest BCUT2D eigenvalue weighted by molar-refractivity contribution is 6.06. The Balaban J connectivity index is 2.63. The zero-order chi connectivity index (χ0) is 12.8. The van der Waals surface area contributed by atoms with Gasteiger partial charge < -0.3 is 4.90 Å². The first-order valence-corrected chi connectivity index (χ1v) is 4.88. The van der Waals surface area contributed by atoms with E-state index in [0.29, 0.717) is 0 Å². The molecule has 2 rings (SSSR count). The first kappa shape index (κ1) is 11.4. The summed E-state index contributed by atoms with van der Waals surface area (Å²) in [5, 5.41) is 10.5. The topological polar surface area (TPSA) is 63.5 Å². The fraction of sp³-hybridized carbons (Fsp3) is 0.300. The largest absolute Gasteiger partial charge is 0.352 e. The van der Waals surface area contributed by atoms with Gasteiger partial charge in [0, 0.05) is 18.7 Å². The van der Waals surface area contributed by atoms with Crippen LogP contribution in [0, 0.1) is 10.1 Å². The van der Waals surface area contributed by atoms with Gasteiger partial charge in [-0.25, -0.2) is 0 Å². The Bertz CT molecular complexity index is 516. The number of non-ortho nitro benzene ring substituents is 1. The SMILES string of the molecule is CCN1C(=O)C(F)(F)c2cc([N+](=O)[O-])ccc21. The van der Waals surface area contributed by atoms with Crippen LogP contribution >= 0.6 is 0 Å². The monoisotopic (exact) mass is 242 g/mol. The van der Waals surface area contributed by atoms with Crippen LogP contribution in [-0.2, 0) is 10.7 Å². The summed E-state index contributed by atoms with van der Waals surface area (Å²) in [6, 6.07) is 3.04. The standard InChI is InChI=1S/C10H8F2N2O3/c1-2-13-8-4-3-6(14(16)17)5-7(8)10(11,12)9(13)15/h3-5H,2H2,1H3. The Hall–Kier alpha value is -2.05. The molecule has 0 fully saturated rings. The van der Waals surface area contributed by atoms with Crippen molar-refractivity contribution in [3.63, 3.8) is 0 Å². The van der Waals surface area contributed by atoms with Crippen LogP contribution in [0.3, 0.4) is 0 Å². The van der Waals surface area contributed by atoms with E-state index in [9.17, 15) is 23.7 Å². The lowest BCUT2D eigenvalue weighted by Crippen LogP contribution is -2.34. The zero-order valence-corrected chi connectivity index (χ0v) is 8.81. The molecule has 1 amide bonds. The van der Waals surface area contributed by atoms with Crippen LogP contribution in [-0.4, -0.2) is 17.4 Å². The molecule has 1 aromatic carbocycles. The van der Waals surface area contributed by atoms with E-state index in [4.69, 9.17) is 0 Å². The molecule has 0 bridgehead atoms. The molecule has 0 aromatic heterocycles. The molecule has 1 aromatic rings. The molecule has 0 spiro atoms. The molecule has 0 unspecified atom stereocenters. The third-order valence-electron chi connectivity index (χ3n) is 2.65. The van der Waals surface area contributed by atoms with Gasteiger partial charge in [-0.1, -0.05) is 0 Å². The van der Waals surface area contributed by atoms with Gasteiger partial charge in [-0.15, -0.1) is 0 Å². The highest BCUT2D eigenvalue weighted by Crippen LogP contribution is 2.45. The molecule has 7 heteroatoms. The van der Waals surface area contributed by atoms with Gasteiger partial charge in [-0.2, -0.15) is 8.78 Å². The van der Waals surface area contributed by atoms with Crippen molar-refractivity contribution in [2.75, 3.05) is 11.4 Å². The number of rotatable bonds is 2. The van der Waals surface area contributed by atoms with Crippen molar-refractivity contribution in [2.24, 2.45) is 0 Å². The maximum Gasteiger partial charge on any atom is 0.352 e.